The molecule has 2 atom stereocenters. The maximum atomic E-state index is 10.6. The molecule has 0 aliphatic rings. The summed E-state index contributed by atoms with van der Waals surface area (Å²) in [5.74, 6) is 0. The summed E-state index contributed by atoms with van der Waals surface area (Å²) in [6.07, 6.45) is -2.00. The lowest BCUT2D eigenvalue weighted by Crippen LogP contribution is -2.29. The first kappa shape index (κ1) is 13.6. The zero-order valence-electron chi connectivity index (χ0n) is 9.75. The van der Waals surface area contributed by atoms with Gasteiger partial charge >= 0.3 is 0 Å². The molecule has 0 aromatic heterocycles. The zero-order valence-corrected chi connectivity index (χ0v) is 9.75. The molecule has 1 aromatic rings. The molecule has 0 saturated heterocycles. The number of nitro groups is 1. The van der Waals surface area contributed by atoms with Gasteiger partial charge in [0.05, 0.1) is 11.0 Å². The minimum atomic E-state index is -1.05. The molecule has 0 bridgehead atoms. The Labute approximate surface area is 99.0 Å². The molecule has 1 aromatic carbocycles. The van der Waals surface area contributed by atoms with Gasteiger partial charge in [0.15, 0.2) is 0 Å². The first-order valence-electron chi connectivity index (χ1n) is 5.23. The Kier molecular flexibility index (Phi) is 4.56. The maximum Gasteiger partial charge on any atom is 0.272 e. The summed E-state index contributed by atoms with van der Waals surface area (Å²) in [5, 5.41) is 32.8. The molecule has 6 heteroatoms. The molecule has 0 radical (unpaired) electrons. The fraction of sp³-hybridized carbons (Fsp3) is 0.455. The topological polar surface area (TPSA) is 95.6 Å². The summed E-state index contributed by atoms with van der Waals surface area (Å²) in [7, 11) is 1.66. The van der Waals surface area contributed by atoms with Crippen molar-refractivity contribution >= 4 is 5.69 Å². The Bertz CT molecular complexity index is 408. The lowest BCUT2D eigenvalue weighted by Gasteiger charge is -2.18. The molecule has 2 unspecified atom stereocenters. The molecular formula is C11H16N2O4. The average Bonchev–Trinajstić information content (AvgIpc) is 2.27. The largest absolute Gasteiger partial charge is 0.389 e. The standard InChI is InChI=1S/C11H16N2O4/c1-7-5-8(3-4-9(7)13(16)17)11(15)10(14)6-12-2/h3-5,10-12,14-15H,6H2,1-2H3. The van der Waals surface area contributed by atoms with Crippen LogP contribution in [0, 0.1) is 17.0 Å². The van der Waals surface area contributed by atoms with E-state index in [2.05, 4.69) is 5.32 Å². The van der Waals surface area contributed by atoms with Gasteiger partial charge in [-0.2, -0.15) is 0 Å². The number of hydrogen-bond donors (Lipinski definition) is 3. The van der Waals surface area contributed by atoms with Crippen molar-refractivity contribution in [2.45, 2.75) is 19.1 Å². The molecular weight excluding hydrogens is 224 g/mol. The normalized spacial score (nSPS) is 14.4. The predicted octanol–water partition coefficient (Wildman–Crippen LogP) is 0.517. The molecule has 17 heavy (non-hydrogen) atoms. The van der Waals surface area contributed by atoms with Crippen LogP contribution in [0.15, 0.2) is 18.2 Å². The first-order valence-corrected chi connectivity index (χ1v) is 5.23. The van der Waals surface area contributed by atoms with Gasteiger partial charge in [-0.25, -0.2) is 0 Å². The third-order valence-electron chi connectivity index (χ3n) is 2.54. The van der Waals surface area contributed by atoms with E-state index >= 15 is 0 Å². The van der Waals surface area contributed by atoms with E-state index in [9.17, 15) is 20.3 Å². The number of likely N-dealkylation sites (N-methyl/N-ethyl adjacent to an activating group) is 1. The van der Waals surface area contributed by atoms with Crippen molar-refractivity contribution in [3.63, 3.8) is 0 Å². The van der Waals surface area contributed by atoms with Crippen molar-refractivity contribution in [3.05, 3.63) is 39.4 Å². The van der Waals surface area contributed by atoms with Gasteiger partial charge in [0, 0.05) is 18.2 Å². The SMILES string of the molecule is CNCC(O)C(O)c1ccc([N+](=O)[O-])c(C)c1. The van der Waals surface area contributed by atoms with Crippen LogP contribution in [0.1, 0.15) is 17.2 Å². The summed E-state index contributed by atoms with van der Waals surface area (Å²) in [6, 6.07) is 4.30. The van der Waals surface area contributed by atoms with Crippen molar-refractivity contribution in [2.24, 2.45) is 0 Å². The average molecular weight is 240 g/mol. The fourth-order valence-electron chi connectivity index (χ4n) is 1.61. The summed E-state index contributed by atoms with van der Waals surface area (Å²) in [4.78, 5) is 10.1. The molecule has 0 aliphatic heterocycles. The van der Waals surface area contributed by atoms with Crippen LogP contribution in [0.5, 0.6) is 0 Å². The van der Waals surface area contributed by atoms with E-state index in [1.54, 1.807) is 14.0 Å². The summed E-state index contributed by atoms with van der Waals surface area (Å²) in [5.41, 5.74) is 0.933. The second kappa shape index (κ2) is 5.72. The first-order chi connectivity index (χ1) is 7.97. The summed E-state index contributed by atoms with van der Waals surface area (Å²) < 4.78 is 0. The Morgan fingerprint density at radius 2 is 2.12 bits per heavy atom. The van der Waals surface area contributed by atoms with Gasteiger partial charge in [0.1, 0.15) is 6.10 Å². The Morgan fingerprint density at radius 1 is 1.47 bits per heavy atom. The Morgan fingerprint density at radius 3 is 2.59 bits per heavy atom. The van der Waals surface area contributed by atoms with Gasteiger partial charge in [-0.3, -0.25) is 10.1 Å². The predicted molar refractivity (Wildman–Crippen MR) is 62.7 cm³/mol. The minimum absolute atomic E-state index is 0.00376. The molecule has 0 aliphatic carbocycles. The van der Waals surface area contributed by atoms with Crippen LogP contribution < -0.4 is 5.32 Å². The molecule has 1 rings (SSSR count). The smallest absolute Gasteiger partial charge is 0.272 e. The van der Waals surface area contributed by atoms with E-state index < -0.39 is 17.1 Å². The molecule has 0 heterocycles. The van der Waals surface area contributed by atoms with Crippen LogP contribution in [0.3, 0.4) is 0 Å². The van der Waals surface area contributed by atoms with Gasteiger partial charge in [-0.05, 0) is 31.7 Å². The molecule has 0 amide bonds. The van der Waals surface area contributed by atoms with Gasteiger partial charge in [0.25, 0.3) is 5.69 Å². The van der Waals surface area contributed by atoms with E-state index in [1.807, 2.05) is 0 Å². The number of hydrogen-bond acceptors (Lipinski definition) is 5. The highest BCUT2D eigenvalue weighted by molar-refractivity contribution is 5.42. The highest BCUT2D eigenvalue weighted by Crippen LogP contribution is 2.24. The lowest BCUT2D eigenvalue weighted by molar-refractivity contribution is -0.385. The minimum Gasteiger partial charge on any atom is -0.389 e. The number of aliphatic hydroxyl groups is 2. The van der Waals surface area contributed by atoms with E-state index in [4.69, 9.17) is 0 Å². The fourth-order valence-corrected chi connectivity index (χ4v) is 1.61. The Hall–Kier alpha value is -1.50. The number of nitro benzene ring substituents is 1. The van der Waals surface area contributed by atoms with Gasteiger partial charge < -0.3 is 15.5 Å². The quantitative estimate of drug-likeness (QED) is 0.515. The summed E-state index contributed by atoms with van der Waals surface area (Å²) >= 11 is 0. The molecule has 0 spiro atoms. The van der Waals surface area contributed by atoms with E-state index in [0.29, 0.717) is 11.1 Å². The van der Waals surface area contributed by atoms with E-state index in [-0.39, 0.29) is 12.2 Å². The van der Waals surface area contributed by atoms with Crippen LogP contribution >= 0.6 is 0 Å². The van der Waals surface area contributed by atoms with E-state index in [1.165, 1.54) is 18.2 Å². The van der Waals surface area contributed by atoms with Crippen LogP contribution in [-0.2, 0) is 0 Å². The number of nitrogens with one attached hydrogen (secondary N) is 1. The number of rotatable bonds is 5. The second-order valence-corrected chi connectivity index (χ2v) is 3.87. The molecule has 6 nitrogen and oxygen atoms in total. The van der Waals surface area contributed by atoms with E-state index in [0.717, 1.165) is 0 Å². The molecule has 94 valence electrons. The number of aryl methyl sites for hydroxylation is 1. The summed E-state index contributed by atoms with van der Waals surface area (Å²) in [6.45, 7) is 1.84. The second-order valence-electron chi connectivity index (χ2n) is 3.87. The number of benzene rings is 1. The van der Waals surface area contributed by atoms with Crippen LogP contribution in [-0.4, -0.2) is 34.8 Å². The zero-order chi connectivity index (χ0) is 13.0. The van der Waals surface area contributed by atoms with Gasteiger partial charge in [-0.1, -0.05) is 0 Å². The van der Waals surface area contributed by atoms with Crippen LogP contribution in [0.4, 0.5) is 5.69 Å². The van der Waals surface area contributed by atoms with Crippen molar-refractivity contribution in [1.29, 1.82) is 0 Å². The molecule has 0 saturated carbocycles. The van der Waals surface area contributed by atoms with Gasteiger partial charge in [-0.15, -0.1) is 0 Å². The molecule has 0 fully saturated rings. The molecule has 3 N–H and O–H groups in total. The van der Waals surface area contributed by atoms with Crippen molar-refractivity contribution in [2.75, 3.05) is 13.6 Å². The number of nitrogens with zero attached hydrogens (tertiary/aromatic N) is 1. The highest BCUT2D eigenvalue weighted by Gasteiger charge is 2.20. The van der Waals surface area contributed by atoms with Crippen molar-refractivity contribution < 1.29 is 15.1 Å². The third kappa shape index (κ3) is 3.23. The Balaban J connectivity index is 2.93. The third-order valence-corrected chi connectivity index (χ3v) is 2.54. The van der Waals surface area contributed by atoms with Crippen LogP contribution in [0.25, 0.3) is 0 Å². The number of aliphatic hydroxyl groups excluding tert-OH is 2. The van der Waals surface area contributed by atoms with Crippen molar-refractivity contribution in [1.82, 2.24) is 5.32 Å². The maximum absolute atomic E-state index is 10.6. The monoisotopic (exact) mass is 240 g/mol. The van der Waals surface area contributed by atoms with Crippen molar-refractivity contribution in [3.8, 4) is 0 Å². The van der Waals surface area contributed by atoms with Gasteiger partial charge in [0.2, 0.25) is 0 Å². The highest BCUT2D eigenvalue weighted by atomic mass is 16.6. The van der Waals surface area contributed by atoms with Crippen LogP contribution in [0.2, 0.25) is 0 Å². The lowest BCUT2D eigenvalue weighted by atomic mass is 10.0.